The van der Waals surface area contributed by atoms with E-state index in [4.69, 9.17) is 9.97 Å². The van der Waals surface area contributed by atoms with E-state index in [-0.39, 0.29) is 0 Å². The van der Waals surface area contributed by atoms with Crippen LogP contribution in [-0.2, 0) is 0 Å². The average Bonchev–Trinajstić information content (AvgIpc) is 3.66. The summed E-state index contributed by atoms with van der Waals surface area (Å²) in [7, 11) is 0. The van der Waals surface area contributed by atoms with Crippen molar-refractivity contribution in [1.82, 2.24) is 15.0 Å². The summed E-state index contributed by atoms with van der Waals surface area (Å²) in [6.45, 7) is 0. The molecule has 0 atom stereocenters. The van der Waals surface area contributed by atoms with Gasteiger partial charge in [0.15, 0.2) is 0 Å². The molecule has 0 saturated heterocycles. The van der Waals surface area contributed by atoms with Crippen LogP contribution in [0.1, 0.15) is 0 Å². The minimum atomic E-state index is 0.901. The van der Waals surface area contributed by atoms with Crippen molar-refractivity contribution >= 4 is 21.8 Å². The number of H-pyrrole nitrogens is 1. The molecule has 258 valence electrons. The maximum Gasteiger partial charge on any atom is 0.0737 e. The lowest BCUT2D eigenvalue weighted by atomic mass is 9.94. The maximum absolute atomic E-state index is 5.50. The van der Waals surface area contributed by atoms with Crippen LogP contribution in [0.3, 0.4) is 0 Å². The standard InChI is InChI=1S/C52H35N3/c1-5-16-35(17-6-1)39-24-15-25-40(28-39)49-33-43(38-22-11-4-12-23-38)34-50(54-49)47-32-42(37-20-9-3-10-21-37)30-45-44-29-41(36-18-7-2-8-19-36)31-46(51(44)55-52(45)47)48-26-13-14-27-53-48/h1-34,55H. The zero-order valence-electron chi connectivity index (χ0n) is 30.0. The average molecular weight is 702 g/mol. The van der Waals surface area contributed by atoms with Crippen LogP contribution in [0, 0.1) is 0 Å². The van der Waals surface area contributed by atoms with Gasteiger partial charge in [0, 0.05) is 33.7 Å². The van der Waals surface area contributed by atoms with E-state index in [1.165, 1.54) is 5.56 Å². The third-order valence-electron chi connectivity index (χ3n) is 10.4. The highest BCUT2D eigenvalue weighted by Crippen LogP contribution is 2.43. The second-order valence-electron chi connectivity index (χ2n) is 13.9. The minimum Gasteiger partial charge on any atom is -0.353 e. The van der Waals surface area contributed by atoms with Gasteiger partial charge >= 0.3 is 0 Å². The van der Waals surface area contributed by atoms with Crippen molar-refractivity contribution in [3.8, 4) is 78.3 Å². The normalized spacial score (nSPS) is 11.3. The Morgan fingerprint density at radius 2 is 0.727 bits per heavy atom. The third-order valence-corrected chi connectivity index (χ3v) is 10.4. The molecule has 0 spiro atoms. The van der Waals surface area contributed by atoms with Crippen LogP contribution in [0.4, 0.5) is 0 Å². The summed E-state index contributed by atoms with van der Waals surface area (Å²) in [4.78, 5) is 14.3. The Bertz CT molecular complexity index is 2940. The molecule has 55 heavy (non-hydrogen) atoms. The van der Waals surface area contributed by atoms with Gasteiger partial charge < -0.3 is 4.98 Å². The number of nitrogens with one attached hydrogen (secondary N) is 1. The van der Waals surface area contributed by atoms with Crippen LogP contribution in [-0.4, -0.2) is 15.0 Å². The summed E-state index contributed by atoms with van der Waals surface area (Å²) in [6.07, 6.45) is 1.87. The number of aromatic amines is 1. The number of nitrogens with zero attached hydrogens (tertiary/aromatic N) is 2. The quantitative estimate of drug-likeness (QED) is 0.180. The number of hydrogen-bond donors (Lipinski definition) is 1. The van der Waals surface area contributed by atoms with Crippen molar-refractivity contribution in [2.45, 2.75) is 0 Å². The van der Waals surface area contributed by atoms with E-state index in [9.17, 15) is 0 Å². The number of aromatic nitrogens is 3. The summed E-state index contributed by atoms with van der Waals surface area (Å²) in [5, 5.41) is 2.28. The second-order valence-corrected chi connectivity index (χ2v) is 13.9. The smallest absolute Gasteiger partial charge is 0.0737 e. The molecule has 10 aromatic rings. The molecule has 3 heteroatoms. The van der Waals surface area contributed by atoms with E-state index < -0.39 is 0 Å². The first-order valence-corrected chi connectivity index (χ1v) is 18.6. The third kappa shape index (κ3) is 6.18. The van der Waals surface area contributed by atoms with Crippen LogP contribution in [0.15, 0.2) is 206 Å². The highest BCUT2D eigenvalue weighted by molar-refractivity contribution is 6.17. The number of benzene rings is 7. The molecule has 3 heterocycles. The molecule has 3 nitrogen and oxygen atoms in total. The molecule has 0 unspecified atom stereocenters. The van der Waals surface area contributed by atoms with E-state index in [0.29, 0.717) is 0 Å². The predicted molar refractivity (Wildman–Crippen MR) is 229 cm³/mol. The molecule has 7 aromatic carbocycles. The van der Waals surface area contributed by atoms with Crippen molar-refractivity contribution in [3.05, 3.63) is 206 Å². The van der Waals surface area contributed by atoms with E-state index in [0.717, 1.165) is 94.5 Å². The Kier molecular flexibility index (Phi) is 8.16. The number of hydrogen-bond acceptors (Lipinski definition) is 2. The molecule has 0 radical (unpaired) electrons. The number of fused-ring (bicyclic) bond motifs is 3. The van der Waals surface area contributed by atoms with E-state index in [1.54, 1.807) is 0 Å². The number of pyridine rings is 2. The molecule has 3 aromatic heterocycles. The lowest BCUT2D eigenvalue weighted by Gasteiger charge is -2.13. The van der Waals surface area contributed by atoms with Crippen molar-refractivity contribution in [2.75, 3.05) is 0 Å². The molecule has 0 aliphatic rings. The SMILES string of the molecule is c1ccc(-c2cccc(-c3cc(-c4ccccc4)cc(-c4cc(-c5ccccc5)cc5c4[nH]c4c(-c6ccccn6)cc(-c6ccccc6)cc45)n3)c2)cc1. The highest BCUT2D eigenvalue weighted by Gasteiger charge is 2.20. The van der Waals surface area contributed by atoms with Gasteiger partial charge in [-0.05, 0) is 99.1 Å². The van der Waals surface area contributed by atoms with E-state index in [2.05, 4.69) is 199 Å². The molecule has 0 aliphatic carbocycles. The van der Waals surface area contributed by atoms with Crippen LogP contribution in [0.5, 0.6) is 0 Å². The predicted octanol–water partition coefficient (Wildman–Crippen LogP) is 13.8. The molecule has 1 N–H and O–H groups in total. The summed E-state index contributed by atoms with van der Waals surface area (Å²) in [5.41, 5.74) is 17.2. The minimum absolute atomic E-state index is 0.901. The molecule has 0 saturated carbocycles. The maximum atomic E-state index is 5.50. The zero-order chi connectivity index (χ0) is 36.6. The van der Waals surface area contributed by atoms with Gasteiger partial charge in [0.05, 0.1) is 28.1 Å². The Labute approximate surface area is 320 Å². The lowest BCUT2D eigenvalue weighted by Crippen LogP contribution is -1.93. The molecule has 0 aliphatic heterocycles. The van der Waals surface area contributed by atoms with Gasteiger partial charge in [-0.15, -0.1) is 0 Å². The fraction of sp³-hybridized carbons (Fsp3) is 0. The summed E-state index contributed by atoms with van der Waals surface area (Å²) >= 11 is 0. The highest BCUT2D eigenvalue weighted by atomic mass is 14.8. The van der Waals surface area contributed by atoms with Gasteiger partial charge in [-0.2, -0.15) is 0 Å². The molecule has 10 rings (SSSR count). The van der Waals surface area contributed by atoms with Crippen molar-refractivity contribution in [3.63, 3.8) is 0 Å². The lowest BCUT2D eigenvalue weighted by molar-refractivity contribution is 1.32. The first-order valence-electron chi connectivity index (χ1n) is 18.6. The largest absolute Gasteiger partial charge is 0.353 e. The zero-order valence-corrected chi connectivity index (χ0v) is 30.0. The second kappa shape index (κ2) is 13.9. The Morgan fingerprint density at radius 3 is 1.25 bits per heavy atom. The summed E-state index contributed by atoms with van der Waals surface area (Å²) in [6, 6.07) is 70.9. The van der Waals surface area contributed by atoms with Gasteiger partial charge in [0.25, 0.3) is 0 Å². The summed E-state index contributed by atoms with van der Waals surface area (Å²) < 4.78 is 0. The van der Waals surface area contributed by atoms with Gasteiger partial charge in [-0.1, -0.05) is 146 Å². The van der Waals surface area contributed by atoms with Crippen LogP contribution >= 0.6 is 0 Å². The van der Waals surface area contributed by atoms with Crippen molar-refractivity contribution in [1.29, 1.82) is 0 Å². The fourth-order valence-electron chi connectivity index (χ4n) is 7.73. The van der Waals surface area contributed by atoms with E-state index >= 15 is 0 Å². The van der Waals surface area contributed by atoms with Crippen molar-refractivity contribution in [2.24, 2.45) is 0 Å². The first kappa shape index (κ1) is 32.3. The van der Waals surface area contributed by atoms with Gasteiger partial charge in [0.2, 0.25) is 0 Å². The van der Waals surface area contributed by atoms with Crippen LogP contribution < -0.4 is 0 Å². The first-order chi connectivity index (χ1) is 27.2. The van der Waals surface area contributed by atoms with Gasteiger partial charge in [0.1, 0.15) is 0 Å². The summed E-state index contributed by atoms with van der Waals surface area (Å²) in [5.74, 6) is 0. The molecule has 0 bridgehead atoms. The van der Waals surface area contributed by atoms with Gasteiger partial charge in [-0.3, -0.25) is 4.98 Å². The fourth-order valence-corrected chi connectivity index (χ4v) is 7.73. The molecule has 0 fully saturated rings. The van der Waals surface area contributed by atoms with Crippen molar-refractivity contribution < 1.29 is 0 Å². The molecule has 0 amide bonds. The molecular formula is C52H35N3. The monoisotopic (exact) mass is 701 g/mol. The van der Waals surface area contributed by atoms with E-state index in [1.807, 2.05) is 12.3 Å². The Balaban J connectivity index is 1.27. The topological polar surface area (TPSA) is 41.6 Å². The molecular weight excluding hydrogens is 667 g/mol. The van der Waals surface area contributed by atoms with Crippen LogP contribution in [0.2, 0.25) is 0 Å². The van der Waals surface area contributed by atoms with Crippen LogP contribution in [0.25, 0.3) is 100 Å². The Hall–Kier alpha value is -7.36. The Morgan fingerprint density at radius 1 is 0.291 bits per heavy atom. The van der Waals surface area contributed by atoms with Gasteiger partial charge in [-0.25, -0.2) is 4.98 Å². The number of rotatable bonds is 7.